The Kier molecular flexibility index (Phi) is 2.96. The molecule has 2 aromatic rings. The molecule has 0 N–H and O–H groups in total. The zero-order valence-corrected chi connectivity index (χ0v) is 12.1. The van der Waals surface area contributed by atoms with Crippen LogP contribution in [0.5, 0.6) is 0 Å². The summed E-state index contributed by atoms with van der Waals surface area (Å²) in [5, 5.41) is 0. The molecule has 112 valence electrons. The molecule has 22 heavy (non-hydrogen) atoms. The molecule has 2 heterocycles. The lowest BCUT2D eigenvalue weighted by Crippen LogP contribution is -2.62. The van der Waals surface area contributed by atoms with Crippen LogP contribution >= 0.6 is 0 Å². The number of carbonyl (C=O) groups excluding carboxylic acids is 1. The standard InChI is InChI=1S/C17H16FN3O/c18-14-4-2-13(3-5-14)15-17(6-1-7-17)11-21(15)16-19-8-12(10-22)9-20-16/h2-5,8-10,15H,1,6-7,11H2. The van der Waals surface area contributed by atoms with Crippen molar-refractivity contribution in [2.45, 2.75) is 25.3 Å². The molecule has 0 bridgehead atoms. The van der Waals surface area contributed by atoms with Crippen LogP contribution in [0.4, 0.5) is 10.3 Å². The van der Waals surface area contributed by atoms with Gasteiger partial charge in [0.2, 0.25) is 5.95 Å². The van der Waals surface area contributed by atoms with Crippen LogP contribution in [0.3, 0.4) is 0 Å². The number of rotatable bonds is 3. The van der Waals surface area contributed by atoms with Crippen LogP contribution in [0.15, 0.2) is 36.7 Å². The molecular weight excluding hydrogens is 281 g/mol. The van der Waals surface area contributed by atoms with E-state index in [4.69, 9.17) is 0 Å². The number of anilines is 1. The van der Waals surface area contributed by atoms with E-state index in [-0.39, 0.29) is 17.3 Å². The molecule has 2 fully saturated rings. The maximum Gasteiger partial charge on any atom is 0.225 e. The molecule has 1 unspecified atom stereocenters. The summed E-state index contributed by atoms with van der Waals surface area (Å²) in [4.78, 5) is 21.5. The summed E-state index contributed by atoms with van der Waals surface area (Å²) < 4.78 is 13.2. The highest BCUT2D eigenvalue weighted by Gasteiger charge is 2.57. The van der Waals surface area contributed by atoms with E-state index < -0.39 is 0 Å². The quantitative estimate of drug-likeness (QED) is 0.816. The average molecular weight is 297 g/mol. The number of hydrogen-bond donors (Lipinski definition) is 0. The summed E-state index contributed by atoms with van der Waals surface area (Å²) >= 11 is 0. The Balaban J connectivity index is 1.67. The molecule has 4 rings (SSSR count). The molecule has 2 aliphatic rings. The summed E-state index contributed by atoms with van der Waals surface area (Å²) in [6, 6.07) is 6.92. The highest BCUT2D eigenvalue weighted by Crippen LogP contribution is 2.60. The summed E-state index contributed by atoms with van der Waals surface area (Å²) in [5.74, 6) is 0.418. The lowest BCUT2D eigenvalue weighted by atomic mass is 9.56. The molecule has 1 aromatic carbocycles. The maximum absolute atomic E-state index is 13.2. The normalized spacial score (nSPS) is 22.0. The van der Waals surface area contributed by atoms with Crippen LogP contribution < -0.4 is 4.90 Å². The van der Waals surface area contributed by atoms with Crippen LogP contribution in [0.25, 0.3) is 0 Å². The average Bonchev–Trinajstić information content (AvgIpc) is 2.48. The van der Waals surface area contributed by atoms with E-state index in [1.807, 2.05) is 12.1 Å². The van der Waals surface area contributed by atoms with Crippen molar-refractivity contribution >= 4 is 12.2 Å². The highest BCUT2D eigenvalue weighted by atomic mass is 19.1. The fraction of sp³-hybridized carbons (Fsp3) is 0.353. The second-order valence-electron chi connectivity index (χ2n) is 6.23. The third kappa shape index (κ3) is 1.92. The van der Waals surface area contributed by atoms with Gasteiger partial charge in [-0.15, -0.1) is 0 Å². The monoisotopic (exact) mass is 297 g/mol. The van der Waals surface area contributed by atoms with Crippen molar-refractivity contribution in [3.05, 3.63) is 53.6 Å². The fourth-order valence-corrected chi connectivity index (χ4v) is 3.70. The summed E-state index contributed by atoms with van der Waals surface area (Å²) in [6.07, 6.45) is 7.46. The second kappa shape index (κ2) is 4.87. The van der Waals surface area contributed by atoms with E-state index in [0.717, 1.165) is 18.4 Å². The molecule has 1 spiro atoms. The smallest absolute Gasteiger partial charge is 0.225 e. The number of benzene rings is 1. The lowest BCUT2D eigenvalue weighted by molar-refractivity contribution is 0.0268. The molecule has 4 nitrogen and oxygen atoms in total. The van der Waals surface area contributed by atoms with Gasteiger partial charge in [0.15, 0.2) is 6.29 Å². The summed E-state index contributed by atoms with van der Waals surface area (Å²) in [6.45, 7) is 0.926. The zero-order chi connectivity index (χ0) is 15.2. The molecule has 1 atom stereocenters. The van der Waals surface area contributed by atoms with Crippen LogP contribution in [-0.4, -0.2) is 22.8 Å². The second-order valence-corrected chi connectivity index (χ2v) is 6.23. The topological polar surface area (TPSA) is 46.1 Å². The molecular formula is C17H16FN3O. The van der Waals surface area contributed by atoms with Gasteiger partial charge < -0.3 is 4.90 Å². The van der Waals surface area contributed by atoms with Crippen molar-refractivity contribution in [3.8, 4) is 0 Å². The predicted octanol–water partition coefficient (Wildman–Crippen LogP) is 3.16. The summed E-state index contributed by atoms with van der Waals surface area (Å²) in [7, 11) is 0. The highest BCUT2D eigenvalue weighted by molar-refractivity contribution is 5.73. The fourth-order valence-electron chi connectivity index (χ4n) is 3.70. The van der Waals surface area contributed by atoms with E-state index in [0.29, 0.717) is 11.5 Å². The first-order valence-corrected chi connectivity index (χ1v) is 7.51. The Hall–Kier alpha value is -2.30. The van der Waals surface area contributed by atoms with Gasteiger partial charge in [0.05, 0.1) is 11.6 Å². The Labute approximate surface area is 128 Å². The van der Waals surface area contributed by atoms with E-state index in [1.165, 1.54) is 31.4 Å². The van der Waals surface area contributed by atoms with Crippen LogP contribution in [0, 0.1) is 11.2 Å². The Bertz CT molecular complexity index is 695. The van der Waals surface area contributed by atoms with Crippen LogP contribution in [-0.2, 0) is 0 Å². The van der Waals surface area contributed by atoms with Crippen molar-refractivity contribution < 1.29 is 9.18 Å². The predicted molar refractivity (Wildman–Crippen MR) is 80.2 cm³/mol. The SMILES string of the molecule is O=Cc1cnc(N2CC3(CCC3)C2c2ccc(F)cc2)nc1. The largest absolute Gasteiger partial charge is 0.333 e. The Morgan fingerprint density at radius 2 is 1.86 bits per heavy atom. The van der Waals surface area contributed by atoms with E-state index in [9.17, 15) is 9.18 Å². The molecule has 0 amide bonds. The molecule has 1 saturated heterocycles. The number of halogens is 1. The first kappa shape index (κ1) is 13.4. The third-order valence-corrected chi connectivity index (χ3v) is 4.96. The van der Waals surface area contributed by atoms with Gasteiger partial charge in [-0.05, 0) is 30.5 Å². The van der Waals surface area contributed by atoms with Crippen LogP contribution in [0.2, 0.25) is 0 Å². The maximum atomic E-state index is 13.2. The van der Waals surface area contributed by atoms with Crippen molar-refractivity contribution in [2.75, 3.05) is 11.4 Å². The first-order valence-electron chi connectivity index (χ1n) is 7.51. The minimum atomic E-state index is -0.219. The van der Waals surface area contributed by atoms with Gasteiger partial charge in [0, 0.05) is 24.4 Å². The van der Waals surface area contributed by atoms with Crippen molar-refractivity contribution in [2.24, 2.45) is 5.41 Å². The van der Waals surface area contributed by atoms with E-state index in [2.05, 4.69) is 14.9 Å². The minimum Gasteiger partial charge on any atom is -0.333 e. The van der Waals surface area contributed by atoms with Crippen molar-refractivity contribution in [1.29, 1.82) is 0 Å². The van der Waals surface area contributed by atoms with Gasteiger partial charge in [-0.1, -0.05) is 18.6 Å². The van der Waals surface area contributed by atoms with Crippen molar-refractivity contribution in [3.63, 3.8) is 0 Å². The molecule has 5 heteroatoms. The van der Waals surface area contributed by atoms with Gasteiger partial charge in [-0.3, -0.25) is 4.79 Å². The number of aromatic nitrogens is 2. The molecule has 0 radical (unpaired) electrons. The number of hydrogen-bond acceptors (Lipinski definition) is 4. The Morgan fingerprint density at radius 3 is 2.41 bits per heavy atom. The van der Waals surface area contributed by atoms with Gasteiger partial charge in [0.1, 0.15) is 5.82 Å². The number of carbonyl (C=O) groups is 1. The number of aldehydes is 1. The van der Waals surface area contributed by atoms with Crippen LogP contribution in [0.1, 0.15) is 41.2 Å². The van der Waals surface area contributed by atoms with Gasteiger partial charge in [0.25, 0.3) is 0 Å². The van der Waals surface area contributed by atoms with E-state index >= 15 is 0 Å². The lowest BCUT2D eigenvalue weighted by Gasteiger charge is -2.62. The summed E-state index contributed by atoms with van der Waals surface area (Å²) in [5.41, 5.74) is 1.86. The minimum absolute atomic E-state index is 0.198. The van der Waals surface area contributed by atoms with Gasteiger partial charge in [-0.2, -0.15) is 0 Å². The molecule has 1 aliphatic heterocycles. The van der Waals surface area contributed by atoms with Crippen molar-refractivity contribution in [1.82, 2.24) is 9.97 Å². The molecule has 1 aromatic heterocycles. The zero-order valence-electron chi connectivity index (χ0n) is 12.1. The van der Waals surface area contributed by atoms with Gasteiger partial charge >= 0.3 is 0 Å². The number of nitrogens with zero attached hydrogens (tertiary/aromatic N) is 3. The first-order chi connectivity index (χ1) is 10.7. The van der Waals surface area contributed by atoms with Gasteiger partial charge in [-0.25, -0.2) is 14.4 Å². The Morgan fingerprint density at radius 1 is 1.18 bits per heavy atom. The molecule has 1 aliphatic carbocycles. The van der Waals surface area contributed by atoms with E-state index in [1.54, 1.807) is 12.4 Å². The third-order valence-electron chi connectivity index (χ3n) is 4.96. The molecule has 1 saturated carbocycles.